The molecule has 7 nitrogen and oxygen atoms in total. The van der Waals surface area contributed by atoms with Crippen LogP contribution >= 0.6 is 24.8 Å². The summed E-state index contributed by atoms with van der Waals surface area (Å²) in [5.41, 5.74) is 8.74. The molecular weight excluding hydrogens is 413 g/mol. The topological polar surface area (TPSA) is 102 Å². The van der Waals surface area contributed by atoms with E-state index < -0.39 is 6.04 Å². The third kappa shape index (κ3) is 6.19. The van der Waals surface area contributed by atoms with E-state index in [2.05, 4.69) is 20.2 Å². The predicted octanol–water partition coefficient (Wildman–Crippen LogP) is 2.77. The van der Waals surface area contributed by atoms with Gasteiger partial charge < -0.3 is 20.9 Å². The smallest absolute Gasteiger partial charge is 0.243 e. The Labute approximate surface area is 183 Å². The Kier molecular flexibility index (Phi) is 9.62. The summed E-state index contributed by atoms with van der Waals surface area (Å²) >= 11 is 0. The number of benzene rings is 1. The Morgan fingerprint density at radius 2 is 1.86 bits per heavy atom. The molecule has 0 radical (unpaired) electrons. The van der Waals surface area contributed by atoms with E-state index in [-0.39, 0.29) is 49.1 Å². The summed E-state index contributed by atoms with van der Waals surface area (Å²) in [4.78, 5) is 28.4. The largest absolute Gasteiger partial charge is 0.346 e. The van der Waals surface area contributed by atoms with Crippen LogP contribution in [0.2, 0.25) is 0 Å². The Morgan fingerprint density at radius 1 is 1.17 bits per heavy atom. The SMILES string of the molecule is CC(C)[C@H](N)C(=O)NCC(=O)Nc1ccc(-c2ncc3n2CCCC3)cc1.Cl.Cl. The van der Waals surface area contributed by atoms with Gasteiger partial charge >= 0.3 is 0 Å². The average molecular weight is 442 g/mol. The van der Waals surface area contributed by atoms with Gasteiger partial charge in [0.1, 0.15) is 5.82 Å². The van der Waals surface area contributed by atoms with Crippen molar-refractivity contribution in [3.63, 3.8) is 0 Å². The first-order chi connectivity index (χ1) is 13.0. The molecule has 0 saturated heterocycles. The fraction of sp³-hybridized carbons (Fsp3) is 0.450. The Bertz CT molecular complexity index is 821. The molecule has 1 aromatic heterocycles. The first-order valence-electron chi connectivity index (χ1n) is 9.43. The highest BCUT2D eigenvalue weighted by Crippen LogP contribution is 2.25. The fourth-order valence-electron chi connectivity index (χ4n) is 3.16. The number of imidazole rings is 1. The van der Waals surface area contributed by atoms with Gasteiger partial charge in [0.25, 0.3) is 0 Å². The lowest BCUT2D eigenvalue weighted by atomic mass is 10.1. The number of halogens is 2. The minimum atomic E-state index is -0.613. The normalized spacial score (nSPS) is 13.5. The highest BCUT2D eigenvalue weighted by molar-refractivity contribution is 5.95. The van der Waals surface area contributed by atoms with Crippen LogP contribution in [-0.4, -0.2) is 34.0 Å². The molecular formula is C20H29Cl2N5O2. The molecule has 1 aliphatic heterocycles. The number of rotatable bonds is 6. The number of amides is 2. The maximum atomic E-state index is 12.0. The molecule has 2 heterocycles. The quantitative estimate of drug-likeness (QED) is 0.640. The standard InChI is InChI=1S/C20H27N5O2.2ClH/c1-13(2)18(21)20(27)23-12-17(26)24-15-8-6-14(7-9-15)19-22-11-16-5-3-4-10-25(16)19;;/h6-9,11,13,18H,3-5,10,12,21H2,1-2H3,(H,23,27)(H,24,26);2*1H/t18-;;/m0../s1. The Morgan fingerprint density at radius 3 is 2.52 bits per heavy atom. The van der Waals surface area contributed by atoms with Crippen molar-refractivity contribution in [1.29, 1.82) is 0 Å². The highest BCUT2D eigenvalue weighted by atomic mass is 35.5. The van der Waals surface area contributed by atoms with Crippen LogP contribution in [0, 0.1) is 5.92 Å². The molecule has 4 N–H and O–H groups in total. The molecule has 9 heteroatoms. The molecule has 2 amide bonds. The molecule has 0 fully saturated rings. The molecule has 1 aromatic carbocycles. The number of aryl methyl sites for hydroxylation is 1. The van der Waals surface area contributed by atoms with Crippen LogP contribution in [0.25, 0.3) is 11.4 Å². The Balaban J connectivity index is 0.00000210. The van der Waals surface area contributed by atoms with E-state index in [0.29, 0.717) is 5.69 Å². The van der Waals surface area contributed by atoms with Crippen molar-refractivity contribution in [3.05, 3.63) is 36.2 Å². The zero-order chi connectivity index (χ0) is 19.4. The summed E-state index contributed by atoms with van der Waals surface area (Å²) in [7, 11) is 0. The van der Waals surface area contributed by atoms with Crippen molar-refractivity contribution < 1.29 is 9.59 Å². The van der Waals surface area contributed by atoms with E-state index in [9.17, 15) is 9.59 Å². The molecule has 2 aromatic rings. The molecule has 0 saturated carbocycles. The van der Waals surface area contributed by atoms with Crippen LogP contribution in [-0.2, 0) is 22.6 Å². The summed E-state index contributed by atoms with van der Waals surface area (Å²) in [5, 5.41) is 5.34. The van der Waals surface area contributed by atoms with Gasteiger partial charge in [-0.05, 0) is 49.4 Å². The van der Waals surface area contributed by atoms with E-state index >= 15 is 0 Å². The third-order valence-corrected chi connectivity index (χ3v) is 4.87. The maximum Gasteiger partial charge on any atom is 0.243 e. The Hall–Kier alpha value is -2.09. The highest BCUT2D eigenvalue weighted by Gasteiger charge is 2.18. The first kappa shape index (κ1) is 24.9. The zero-order valence-electron chi connectivity index (χ0n) is 16.7. The summed E-state index contributed by atoms with van der Waals surface area (Å²) < 4.78 is 2.27. The molecule has 0 unspecified atom stereocenters. The van der Waals surface area contributed by atoms with Gasteiger partial charge in [0, 0.05) is 29.7 Å². The molecule has 1 aliphatic rings. The van der Waals surface area contributed by atoms with Gasteiger partial charge in [0.15, 0.2) is 0 Å². The van der Waals surface area contributed by atoms with E-state index in [0.717, 1.165) is 24.4 Å². The summed E-state index contributed by atoms with van der Waals surface area (Å²) in [6.45, 7) is 4.63. The molecule has 0 bridgehead atoms. The van der Waals surface area contributed by atoms with Crippen molar-refractivity contribution in [3.8, 4) is 11.4 Å². The molecule has 1 atom stereocenters. The third-order valence-electron chi connectivity index (χ3n) is 4.87. The molecule has 29 heavy (non-hydrogen) atoms. The van der Waals surface area contributed by atoms with Gasteiger partial charge in [-0.1, -0.05) is 13.8 Å². The van der Waals surface area contributed by atoms with E-state index in [1.165, 1.54) is 18.5 Å². The number of carbonyl (C=O) groups is 2. The van der Waals surface area contributed by atoms with Gasteiger partial charge in [-0.25, -0.2) is 4.98 Å². The minimum Gasteiger partial charge on any atom is -0.346 e. The summed E-state index contributed by atoms with van der Waals surface area (Å²) in [6, 6.07) is 6.98. The van der Waals surface area contributed by atoms with Gasteiger partial charge in [0.2, 0.25) is 11.8 Å². The molecule has 0 aliphatic carbocycles. The lowest BCUT2D eigenvalue weighted by molar-refractivity contribution is -0.125. The van der Waals surface area contributed by atoms with Gasteiger partial charge in [-0.2, -0.15) is 0 Å². The fourth-order valence-corrected chi connectivity index (χ4v) is 3.16. The first-order valence-corrected chi connectivity index (χ1v) is 9.43. The molecule has 160 valence electrons. The summed E-state index contributed by atoms with van der Waals surface area (Å²) in [6.07, 6.45) is 5.42. The van der Waals surface area contributed by atoms with Crippen LogP contribution in [0.1, 0.15) is 32.4 Å². The number of carbonyl (C=O) groups excluding carboxylic acids is 2. The second-order valence-corrected chi connectivity index (χ2v) is 7.30. The van der Waals surface area contributed by atoms with Crippen molar-refractivity contribution >= 4 is 42.3 Å². The lowest BCUT2D eigenvalue weighted by Gasteiger charge is -2.16. The monoisotopic (exact) mass is 441 g/mol. The van der Waals surface area contributed by atoms with E-state index in [1.54, 1.807) is 0 Å². The van der Waals surface area contributed by atoms with Gasteiger partial charge in [-0.15, -0.1) is 24.8 Å². The van der Waals surface area contributed by atoms with Crippen molar-refractivity contribution in [2.24, 2.45) is 11.7 Å². The van der Waals surface area contributed by atoms with Gasteiger partial charge in [-0.3, -0.25) is 9.59 Å². The van der Waals surface area contributed by atoms with Crippen LogP contribution in [0.5, 0.6) is 0 Å². The van der Waals surface area contributed by atoms with Gasteiger partial charge in [0.05, 0.1) is 12.6 Å². The predicted molar refractivity (Wildman–Crippen MR) is 120 cm³/mol. The number of fused-ring (bicyclic) bond motifs is 1. The van der Waals surface area contributed by atoms with Crippen LogP contribution in [0.4, 0.5) is 5.69 Å². The van der Waals surface area contributed by atoms with Crippen LogP contribution in [0.15, 0.2) is 30.5 Å². The van der Waals surface area contributed by atoms with Crippen molar-refractivity contribution in [2.75, 3.05) is 11.9 Å². The maximum absolute atomic E-state index is 12.0. The zero-order valence-corrected chi connectivity index (χ0v) is 18.3. The van der Waals surface area contributed by atoms with Crippen molar-refractivity contribution in [1.82, 2.24) is 14.9 Å². The van der Waals surface area contributed by atoms with Crippen LogP contribution < -0.4 is 16.4 Å². The van der Waals surface area contributed by atoms with E-state index in [4.69, 9.17) is 5.73 Å². The molecule has 0 spiro atoms. The number of nitrogens with zero attached hydrogens (tertiary/aromatic N) is 2. The number of hydrogen-bond donors (Lipinski definition) is 3. The molecule has 3 rings (SSSR count). The minimum absolute atomic E-state index is 0. The van der Waals surface area contributed by atoms with E-state index in [1.807, 2.05) is 44.3 Å². The second-order valence-electron chi connectivity index (χ2n) is 7.30. The van der Waals surface area contributed by atoms with Crippen LogP contribution in [0.3, 0.4) is 0 Å². The lowest BCUT2D eigenvalue weighted by Crippen LogP contribution is -2.46. The average Bonchev–Trinajstić information content (AvgIpc) is 3.10. The number of nitrogens with two attached hydrogens (primary N) is 1. The number of hydrogen-bond acceptors (Lipinski definition) is 4. The number of anilines is 1. The number of aromatic nitrogens is 2. The van der Waals surface area contributed by atoms with Crippen molar-refractivity contribution in [2.45, 2.75) is 45.7 Å². The second kappa shape index (κ2) is 11.2. The summed E-state index contributed by atoms with van der Waals surface area (Å²) in [5.74, 6) is 0.386. The number of nitrogens with one attached hydrogen (secondary N) is 2.